The molecule has 5 aromatic carbocycles. The maximum Gasteiger partial charge on any atom is 0.128 e. The van der Waals surface area contributed by atoms with Crippen molar-refractivity contribution < 1.29 is 5.11 Å². The highest BCUT2D eigenvalue weighted by atomic mass is 16.3. The number of nitrogens with zero attached hydrogens (tertiary/aromatic N) is 1. The van der Waals surface area contributed by atoms with E-state index in [0.717, 1.165) is 12.0 Å². The van der Waals surface area contributed by atoms with Crippen LogP contribution in [-0.2, 0) is 5.41 Å². The second kappa shape index (κ2) is 8.94. The van der Waals surface area contributed by atoms with E-state index in [-0.39, 0.29) is 11.5 Å². The van der Waals surface area contributed by atoms with E-state index in [0.29, 0.717) is 0 Å². The first kappa shape index (κ1) is 23.9. The van der Waals surface area contributed by atoms with Crippen LogP contribution in [0.3, 0.4) is 0 Å². The lowest BCUT2D eigenvalue weighted by molar-refractivity contribution is 0.186. The molecule has 0 radical (unpaired) electrons. The average Bonchev–Trinajstić information content (AvgIpc) is 3.18. The molecule has 0 saturated carbocycles. The largest absolute Gasteiger partial charge is 0.375 e. The van der Waals surface area contributed by atoms with Crippen LogP contribution >= 0.6 is 0 Å². The van der Waals surface area contributed by atoms with Crippen molar-refractivity contribution in [3.8, 4) is 11.1 Å². The molecule has 0 amide bonds. The van der Waals surface area contributed by atoms with E-state index in [9.17, 15) is 5.11 Å². The zero-order valence-electron chi connectivity index (χ0n) is 22.3. The molecule has 2 atom stereocenters. The molecule has 3 nitrogen and oxygen atoms in total. The summed E-state index contributed by atoms with van der Waals surface area (Å²) in [5, 5.41) is 15.1. The molecule has 192 valence electrons. The van der Waals surface area contributed by atoms with Crippen LogP contribution in [0.5, 0.6) is 0 Å². The van der Waals surface area contributed by atoms with Gasteiger partial charge in [0.15, 0.2) is 0 Å². The number of rotatable bonds is 4. The smallest absolute Gasteiger partial charge is 0.128 e. The number of anilines is 2. The van der Waals surface area contributed by atoms with E-state index in [1.165, 1.54) is 54.8 Å². The van der Waals surface area contributed by atoms with Crippen molar-refractivity contribution in [2.45, 2.75) is 38.0 Å². The number of benzene rings is 5. The molecule has 0 aliphatic heterocycles. The summed E-state index contributed by atoms with van der Waals surface area (Å²) in [6.07, 6.45) is 4.73. The van der Waals surface area contributed by atoms with E-state index < -0.39 is 6.23 Å². The Bertz CT molecular complexity index is 1870. The Labute approximate surface area is 229 Å². The van der Waals surface area contributed by atoms with Crippen LogP contribution in [0.25, 0.3) is 34.1 Å². The summed E-state index contributed by atoms with van der Waals surface area (Å²) in [5.74, 6) is 0. The van der Waals surface area contributed by atoms with Gasteiger partial charge in [-0.15, -0.1) is 0 Å². The lowest BCUT2D eigenvalue weighted by atomic mass is 9.81. The maximum absolute atomic E-state index is 10.0. The van der Waals surface area contributed by atoms with Gasteiger partial charge in [-0.2, -0.15) is 0 Å². The molecule has 0 bridgehead atoms. The molecule has 5 aromatic rings. The lowest BCUT2D eigenvalue weighted by Gasteiger charge is -2.34. The van der Waals surface area contributed by atoms with Crippen LogP contribution in [0.1, 0.15) is 43.2 Å². The van der Waals surface area contributed by atoms with E-state index in [1.54, 1.807) is 0 Å². The highest BCUT2D eigenvalue weighted by Crippen LogP contribution is 2.50. The Morgan fingerprint density at radius 3 is 2.18 bits per heavy atom. The molecule has 2 aliphatic carbocycles. The maximum atomic E-state index is 10.0. The minimum atomic E-state index is -0.977. The number of hydrogen-bond donors (Lipinski definition) is 2. The molecule has 0 saturated heterocycles. The quantitative estimate of drug-likeness (QED) is 0.282. The van der Waals surface area contributed by atoms with Crippen molar-refractivity contribution in [1.82, 2.24) is 0 Å². The summed E-state index contributed by atoms with van der Waals surface area (Å²) >= 11 is 0. The summed E-state index contributed by atoms with van der Waals surface area (Å²) in [6, 6.07) is 37.2. The van der Waals surface area contributed by atoms with Gasteiger partial charge in [0.2, 0.25) is 0 Å². The van der Waals surface area contributed by atoms with E-state index in [2.05, 4.69) is 128 Å². The first-order valence-corrected chi connectivity index (χ1v) is 13.7. The van der Waals surface area contributed by atoms with Crippen LogP contribution in [-0.4, -0.2) is 11.1 Å². The molecule has 0 heterocycles. The van der Waals surface area contributed by atoms with Crippen molar-refractivity contribution >= 4 is 34.3 Å². The number of hydrogen-bond acceptors (Lipinski definition) is 3. The van der Waals surface area contributed by atoms with Gasteiger partial charge in [-0.25, -0.2) is 0 Å². The molecule has 39 heavy (non-hydrogen) atoms. The van der Waals surface area contributed by atoms with Gasteiger partial charge in [0.05, 0.1) is 6.04 Å². The summed E-state index contributed by atoms with van der Waals surface area (Å²) in [4.78, 5) is 2.49. The normalized spacial score (nSPS) is 17.4. The third kappa shape index (κ3) is 3.89. The average molecular weight is 509 g/mol. The van der Waals surface area contributed by atoms with Crippen LogP contribution in [0.2, 0.25) is 0 Å². The number of aliphatic hydroxyl groups is 1. The Balaban J connectivity index is 1.40. The molecule has 0 spiro atoms. The fraction of sp³-hybridized carbons (Fsp3) is 0.167. The summed E-state index contributed by atoms with van der Waals surface area (Å²) < 4.78 is 0. The number of nitrogens with two attached hydrogens (primary N) is 1. The Morgan fingerprint density at radius 2 is 1.38 bits per heavy atom. The highest BCUT2D eigenvalue weighted by Gasteiger charge is 2.36. The first-order valence-electron chi connectivity index (χ1n) is 13.7. The van der Waals surface area contributed by atoms with Gasteiger partial charge in [-0.3, -0.25) is 0 Å². The van der Waals surface area contributed by atoms with Crippen LogP contribution in [0.15, 0.2) is 103 Å². The molecule has 7 rings (SSSR count). The predicted molar refractivity (Wildman–Crippen MR) is 162 cm³/mol. The molecule has 1 unspecified atom stereocenters. The van der Waals surface area contributed by atoms with Crippen LogP contribution in [0, 0.1) is 0 Å². The summed E-state index contributed by atoms with van der Waals surface area (Å²) in [6.45, 7) is 4.54. The molecule has 0 aromatic heterocycles. The lowest BCUT2D eigenvalue weighted by Crippen LogP contribution is -2.37. The Kier molecular flexibility index (Phi) is 5.48. The van der Waals surface area contributed by atoms with Gasteiger partial charge in [0, 0.05) is 16.8 Å². The van der Waals surface area contributed by atoms with E-state index >= 15 is 0 Å². The minimum absolute atomic E-state index is 0.185. The molecule has 3 heteroatoms. The molecule has 0 fully saturated rings. The van der Waals surface area contributed by atoms with Gasteiger partial charge in [-0.1, -0.05) is 105 Å². The fourth-order valence-corrected chi connectivity index (χ4v) is 6.49. The second-order valence-corrected chi connectivity index (χ2v) is 11.3. The Morgan fingerprint density at radius 1 is 0.744 bits per heavy atom. The molecule has 3 N–H and O–H groups in total. The monoisotopic (exact) mass is 508 g/mol. The minimum Gasteiger partial charge on any atom is -0.375 e. The predicted octanol–water partition coefficient (Wildman–Crippen LogP) is 6.27. The SMILES string of the molecule is CC1(C)c2cc(C(N)O)ccc2-c2ccc(N(c3ccc4ccccc4c3)[C@H]3C=c4ccccc4=CC3)cc21. The third-order valence-electron chi connectivity index (χ3n) is 8.59. The Hall–Kier alpha value is -4.18. The van der Waals surface area contributed by atoms with Gasteiger partial charge in [0.25, 0.3) is 0 Å². The van der Waals surface area contributed by atoms with Gasteiger partial charge >= 0.3 is 0 Å². The van der Waals surface area contributed by atoms with Gasteiger partial charge in [0.1, 0.15) is 6.23 Å². The molecule has 2 aliphatic rings. The van der Waals surface area contributed by atoms with Crippen molar-refractivity contribution in [2.75, 3.05) is 4.90 Å². The summed E-state index contributed by atoms with van der Waals surface area (Å²) in [5.41, 5.74) is 13.7. The highest BCUT2D eigenvalue weighted by molar-refractivity contribution is 5.89. The first-order chi connectivity index (χ1) is 18.9. The standard InChI is InChI=1S/C36H32N2O/c1-36(2)33-21-27(35(37)39)13-17-31(33)32-18-16-30(22-34(32)36)38(28-14-11-23-7-3-5-9-25(23)19-28)29-15-12-24-8-4-6-10-26(24)20-29/h3-14,16-22,29,35,39H,15,37H2,1-2H3/t29-,35?/m1/s1. The van der Waals surface area contributed by atoms with Gasteiger partial charge in [-0.05, 0) is 79.7 Å². The molecular formula is C36H32N2O. The zero-order valence-corrected chi connectivity index (χ0v) is 22.3. The number of fused-ring (bicyclic) bond motifs is 5. The van der Waals surface area contributed by atoms with E-state index in [4.69, 9.17) is 5.73 Å². The summed E-state index contributed by atoms with van der Waals surface area (Å²) in [7, 11) is 0. The van der Waals surface area contributed by atoms with Crippen molar-refractivity contribution in [1.29, 1.82) is 0 Å². The second-order valence-electron chi connectivity index (χ2n) is 11.3. The third-order valence-corrected chi connectivity index (χ3v) is 8.59. The number of aliphatic hydroxyl groups excluding tert-OH is 1. The van der Waals surface area contributed by atoms with E-state index in [1.807, 2.05) is 6.07 Å². The molecular weight excluding hydrogens is 476 g/mol. The fourth-order valence-electron chi connectivity index (χ4n) is 6.49. The van der Waals surface area contributed by atoms with Crippen LogP contribution < -0.4 is 21.1 Å². The van der Waals surface area contributed by atoms with Crippen molar-refractivity contribution in [2.24, 2.45) is 5.73 Å². The topological polar surface area (TPSA) is 49.5 Å². The van der Waals surface area contributed by atoms with Crippen LogP contribution in [0.4, 0.5) is 11.4 Å². The van der Waals surface area contributed by atoms with Crippen molar-refractivity contribution in [3.05, 3.63) is 130 Å². The van der Waals surface area contributed by atoms with Crippen molar-refractivity contribution in [3.63, 3.8) is 0 Å². The zero-order chi connectivity index (χ0) is 26.7. The van der Waals surface area contributed by atoms with Gasteiger partial charge < -0.3 is 15.7 Å².